The largest absolute Gasteiger partial charge is 0.492 e. The van der Waals surface area contributed by atoms with Crippen molar-refractivity contribution in [2.75, 3.05) is 19.4 Å². The first-order valence-electron chi connectivity index (χ1n) is 7.67. The normalized spacial score (nSPS) is 16.5. The SMILES string of the molecule is CSCc1nc(CCNC(=O)C2COc3ccccc3C2)cs1. The molecule has 3 rings (SSSR count). The van der Waals surface area contributed by atoms with Gasteiger partial charge in [-0.15, -0.1) is 11.3 Å². The minimum Gasteiger partial charge on any atom is -0.492 e. The Morgan fingerprint density at radius 2 is 2.35 bits per heavy atom. The lowest BCUT2D eigenvalue weighted by molar-refractivity contribution is -0.126. The number of nitrogens with zero attached hydrogens (tertiary/aromatic N) is 1. The smallest absolute Gasteiger partial charge is 0.226 e. The maximum Gasteiger partial charge on any atom is 0.226 e. The van der Waals surface area contributed by atoms with E-state index in [1.54, 1.807) is 23.1 Å². The first-order chi connectivity index (χ1) is 11.3. The second kappa shape index (κ2) is 7.84. The first-order valence-corrected chi connectivity index (χ1v) is 9.94. The lowest BCUT2D eigenvalue weighted by atomic mass is 9.96. The highest BCUT2D eigenvalue weighted by atomic mass is 32.2. The molecule has 2 aromatic rings. The molecule has 0 bridgehead atoms. The average Bonchev–Trinajstić information content (AvgIpc) is 3.02. The molecular weight excluding hydrogens is 328 g/mol. The van der Waals surface area contributed by atoms with Crippen LogP contribution in [0, 0.1) is 5.92 Å². The van der Waals surface area contributed by atoms with Gasteiger partial charge in [-0.25, -0.2) is 4.98 Å². The van der Waals surface area contributed by atoms with Crippen molar-refractivity contribution < 1.29 is 9.53 Å². The molecule has 2 heterocycles. The predicted octanol–water partition coefficient (Wildman–Crippen LogP) is 2.92. The highest BCUT2D eigenvalue weighted by Crippen LogP contribution is 2.26. The summed E-state index contributed by atoms with van der Waals surface area (Å²) in [6.45, 7) is 1.08. The van der Waals surface area contributed by atoms with Crippen LogP contribution < -0.4 is 10.1 Å². The quantitative estimate of drug-likeness (QED) is 0.872. The molecule has 122 valence electrons. The highest BCUT2D eigenvalue weighted by molar-refractivity contribution is 7.97. The van der Waals surface area contributed by atoms with Gasteiger partial charge in [0, 0.05) is 24.1 Å². The van der Waals surface area contributed by atoms with Crippen molar-refractivity contribution in [3.63, 3.8) is 0 Å². The summed E-state index contributed by atoms with van der Waals surface area (Å²) in [5.74, 6) is 1.82. The van der Waals surface area contributed by atoms with Gasteiger partial charge in [-0.05, 0) is 24.3 Å². The zero-order valence-electron chi connectivity index (χ0n) is 13.1. The van der Waals surface area contributed by atoms with Crippen LogP contribution in [0.2, 0.25) is 0 Å². The standard InChI is InChI=1S/C17H20N2O2S2/c1-22-11-16-19-14(10-23-16)6-7-18-17(20)13-8-12-4-2-3-5-15(12)21-9-13/h2-5,10,13H,6-9,11H2,1H3,(H,18,20). The van der Waals surface area contributed by atoms with Crippen molar-refractivity contribution in [1.82, 2.24) is 10.3 Å². The molecule has 0 saturated carbocycles. The number of nitrogens with one attached hydrogen (secondary N) is 1. The molecule has 0 fully saturated rings. The van der Waals surface area contributed by atoms with Gasteiger partial charge in [0.1, 0.15) is 17.4 Å². The second-order valence-electron chi connectivity index (χ2n) is 5.53. The van der Waals surface area contributed by atoms with Crippen molar-refractivity contribution in [1.29, 1.82) is 0 Å². The number of hydrogen-bond acceptors (Lipinski definition) is 5. The van der Waals surface area contributed by atoms with Gasteiger partial charge in [-0.2, -0.15) is 11.8 Å². The molecule has 0 radical (unpaired) electrons. The maximum atomic E-state index is 12.3. The van der Waals surface area contributed by atoms with E-state index in [2.05, 4.69) is 21.9 Å². The van der Waals surface area contributed by atoms with E-state index in [0.29, 0.717) is 13.2 Å². The second-order valence-corrected chi connectivity index (χ2v) is 7.34. The molecule has 1 aliphatic heterocycles. The summed E-state index contributed by atoms with van der Waals surface area (Å²) in [6.07, 6.45) is 3.60. The number of benzene rings is 1. The lowest BCUT2D eigenvalue weighted by Crippen LogP contribution is -2.38. The molecule has 23 heavy (non-hydrogen) atoms. The van der Waals surface area contributed by atoms with Crippen LogP contribution >= 0.6 is 23.1 Å². The average molecular weight is 348 g/mol. The van der Waals surface area contributed by atoms with Crippen LogP contribution in [-0.2, 0) is 23.4 Å². The summed E-state index contributed by atoms with van der Waals surface area (Å²) in [5.41, 5.74) is 2.17. The number of aromatic nitrogens is 1. The molecule has 0 saturated heterocycles. The summed E-state index contributed by atoms with van der Waals surface area (Å²) in [6, 6.07) is 7.92. The van der Waals surface area contributed by atoms with Crippen LogP contribution in [0.15, 0.2) is 29.6 Å². The minimum atomic E-state index is -0.104. The van der Waals surface area contributed by atoms with E-state index in [9.17, 15) is 4.79 Å². The predicted molar refractivity (Wildman–Crippen MR) is 95.2 cm³/mol. The van der Waals surface area contributed by atoms with Crippen LogP contribution in [0.4, 0.5) is 0 Å². The third kappa shape index (κ3) is 4.26. The number of hydrogen-bond donors (Lipinski definition) is 1. The summed E-state index contributed by atoms with van der Waals surface area (Å²) in [5, 5.41) is 6.24. The Balaban J connectivity index is 1.46. The van der Waals surface area contributed by atoms with Crippen LogP contribution in [-0.4, -0.2) is 30.3 Å². The molecule has 1 amide bonds. The molecule has 1 unspecified atom stereocenters. The minimum absolute atomic E-state index is 0.0686. The molecule has 1 aliphatic rings. The van der Waals surface area contributed by atoms with Gasteiger partial charge >= 0.3 is 0 Å². The third-order valence-electron chi connectivity index (χ3n) is 3.80. The van der Waals surface area contributed by atoms with Gasteiger partial charge in [-0.3, -0.25) is 4.79 Å². The highest BCUT2D eigenvalue weighted by Gasteiger charge is 2.25. The molecule has 0 spiro atoms. The number of ether oxygens (including phenoxy) is 1. The Morgan fingerprint density at radius 3 is 3.22 bits per heavy atom. The Morgan fingerprint density at radius 1 is 1.48 bits per heavy atom. The summed E-state index contributed by atoms with van der Waals surface area (Å²) in [7, 11) is 0. The van der Waals surface area contributed by atoms with Gasteiger partial charge in [0.05, 0.1) is 11.6 Å². The number of rotatable bonds is 6. The van der Waals surface area contributed by atoms with Crippen LogP contribution in [0.1, 0.15) is 16.3 Å². The molecule has 1 aromatic carbocycles. The summed E-state index contributed by atoms with van der Waals surface area (Å²) in [4.78, 5) is 16.9. The molecule has 4 nitrogen and oxygen atoms in total. The zero-order valence-corrected chi connectivity index (χ0v) is 14.7. The molecule has 0 aliphatic carbocycles. The van der Waals surface area contributed by atoms with Gasteiger partial charge in [0.15, 0.2) is 0 Å². The van der Waals surface area contributed by atoms with Crippen LogP contribution in [0.5, 0.6) is 5.75 Å². The van der Waals surface area contributed by atoms with Gasteiger partial charge < -0.3 is 10.1 Å². The Kier molecular flexibility index (Phi) is 5.56. The first kappa shape index (κ1) is 16.3. The fourth-order valence-electron chi connectivity index (χ4n) is 2.61. The van der Waals surface area contributed by atoms with Crippen molar-refractivity contribution in [2.45, 2.75) is 18.6 Å². The third-order valence-corrected chi connectivity index (χ3v) is 5.44. The Bertz CT molecular complexity index is 672. The number of thioether (sulfide) groups is 1. The number of carbonyl (C=O) groups excluding carboxylic acids is 1. The Labute approximate surface area is 144 Å². The number of fused-ring (bicyclic) bond motifs is 1. The monoisotopic (exact) mass is 348 g/mol. The maximum absolute atomic E-state index is 12.3. The number of thiazole rings is 1. The summed E-state index contributed by atoms with van der Waals surface area (Å²) < 4.78 is 5.68. The molecule has 6 heteroatoms. The lowest BCUT2D eigenvalue weighted by Gasteiger charge is -2.24. The van der Waals surface area contributed by atoms with Gasteiger partial charge in [-0.1, -0.05) is 18.2 Å². The van der Waals surface area contributed by atoms with E-state index in [4.69, 9.17) is 4.74 Å². The summed E-state index contributed by atoms with van der Waals surface area (Å²) >= 11 is 3.46. The fraction of sp³-hybridized carbons (Fsp3) is 0.412. The van der Waals surface area contributed by atoms with E-state index in [-0.39, 0.29) is 11.8 Å². The van der Waals surface area contributed by atoms with E-state index in [1.165, 1.54) is 0 Å². The van der Waals surface area contributed by atoms with E-state index >= 15 is 0 Å². The van der Waals surface area contributed by atoms with Crippen molar-refractivity contribution in [3.8, 4) is 5.75 Å². The molecule has 1 N–H and O–H groups in total. The number of para-hydroxylation sites is 1. The topological polar surface area (TPSA) is 51.2 Å². The van der Waals surface area contributed by atoms with Gasteiger partial charge in [0.2, 0.25) is 5.91 Å². The van der Waals surface area contributed by atoms with Gasteiger partial charge in [0.25, 0.3) is 0 Å². The molecular formula is C17H20N2O2S2. The van der Waals surface area contributed by atoms with E-state index < -0.39 is 0 Å². The van der Waals surface area contributed by atoms with Crippen molar-refractivity contribution in [3.05, 3.63) is 45.9 Å². The van der Waals surface area contributed by atoms with Crippen LogP contribution in [0.25, 0.3) is 0 Å². The fourth-order valence-corrected chi connectivity index (χ4v) is 4.16. The van der Waals surface area contributed by atoms with E-state index in [0.717, 1.165) is 40.6 Å². The van der Waals surface area contributed by atoms with Crippen molar-refractivity contribution >= 4 is 29.0 Å². The molecule has 1 atom stereocenters. The van der Waals surface area contributed by atoms with Crippen LogP contribution in [0.3, 0.4) is 0 Å². The van der Waals surface area contributed by atoms with E-state index in [1.807, 2.05) is 24.3 Å². The Hall–Kier alpha value is -1.53. The number of carbonyl (C=O) groups is 1. The van der Waals surface area contributed by atoms with Crippen molar-refractivity contribution in [2.24, 2.45) is 5.92 Å². The zero-order chi connectivity index (χ0) is 16.1. The number of amides is 1. The molecule has 1 aromatic heterocycles.